The highest BCUT2D eigenvalue weighted by atomic mass is 16.2. The number of pyridine rings is 1. The molecule has 3 unspecified atom stereocenters. The van der Waals surface area contributed by atoms with Gasteiger partial charge in [-0.3, -0.25) is 14.6 Å². The van der Waals surface area contributed by atoms with Gasteiger partial charge in [-0.1, -0.05) is 30.3 Å². The van der Waals surface area contributed by atoms with E-state index in [1.54, 1.807) is 12.4 Å². The molecule has 2 aromatic rings. The van der Waals surface area contributed by atoms with Gasteiger partial charge in [0.25, 0.3) is 0 Å². The second kappa shape index (κ2) is 8.02. The van der Waals surface area contributed by atoms with Crippen LogP contribution in [0.1, 0.15) is 57.1 Å². The van der Waals surface area contributed by atoms with Gasteiger partial charge in [0.15, 0.2) is 0 Å². The summed E-state index contributed by atoms with van der Waals surface area (Å²) in [6.07, 6.45) is 8.56. The second-order valence-corrected chi connectivity index (χ2v) is 10.8. The Morgan fingerprint density at radius 1 is 1.00 bits per heavy atom. The van der Waals surface area contributed by atoms with Crippen molar-refractivity contribution in [3.63, 3.8) is 0 Å². The number of hydrogen-bond donors (Lipinski definition) is 2. The first-order chi connectivity index (χ1) is 15.4. The Hall–Kier alpha value is -2.69. The van der Waals surface area contributed by atoms with Crippen molar-refractivity contribution in [1.82, 2.24) is 15.6 Å². The number of carbonyl (C=O) groups is 2. The van der Waals surface area contributed by atoms with Crippen LogP contribution in [0.25, 0.3) is 0 Å². The highest BCUT2D eigenvalue weighted by Crippen LogP contribution is 2.60. The largest absolute Gasteiger partial charge is 0.352 e. The average Bonchev–Trinajstić information content (AvgIpc) is 2.80. The van der Waals surface area contributed by atoms with Crippen LogP contribution in [0, 0.1) is 23.2 Å². The van der Waals surface area contributed by atoms with E-state index in [0.717, 1.165) is 43.2 Å². The lowest BCUT2D eigenvalue weighted by atomic mass is 9.47. The van der Waals surface area contributed by atoms with E-state index in [1.165, 1.54) is 0 Å². The maximum atomic E-state index is 13.3. The lowest BCUT2D eigenvalue weighted by molar-refractivity contribution is -0.151. The Morgan fingerprint density at radius 2 is 1.66 bits per heavy atom. The molecule has 0 radical (unpaired) electrons. The van der Waals surface area contributed by atoms with Gasteiger partial charge < -0.3 is 10.6 Å². The summed E-state index contributed by atoms with van der Waals surface area (Å²) in [5, 5.41) is 6.64. The average molecular weight is 432 g/mol. The molecular weight excluding hydrogens is 398 g/mol. The number of benzene rings is 1. The van der Waals surface area contributed by atoms with E-state index in [-0.39, 0.29) is 23.3 Å². The van der Waals surface area contributed by atoms with Gasteiger partial charge in [-0.2, -0.15) is 0 Å². The van der Waals surface area contributed by atoms with Crippen molar-refractivity contribution >= 4 is 11.8 Å². The first-order valence-electron chi connectivity index (χ1n) is 11.9. The molecular formula is C27H33N3O2. The van der Waals surface area contributed by atoms with Crippen LogP contribution in [0.4, 0.5) is 0 Å². The van der Waals surface area contributed by atoms with E-state index in [1.807, 2.05) is 56.3 Å². The third-order valence-electron chi connectivity index (χ3n) is 8.32. The van der Waals surface area contributed by atoms with Gasteiger partial charge in [0, 0.05) is 25.0 Å². The summed E-state index contributed by atoms with van der Waals surface area (Å²) in [5.41, 5.74) is 1.27. The molecule has 5 atom stereocenters. The Kier molecular flexibility index (Phi) is 5.31. The van der Waals surface area contributed by atoms with Crippen molar-refractivity contribution in [3.05, 3.63) is 66.0 Å². The van der Waals surface area contributed by atoms with Crippen molar-refractivity contribution in [3.8, 4) is 0 Å². The molecule has 0 aliphatic heterocycles. The summed E-state index contributed by atoms with van der Waals surface area (Å²) in [6, 6.07) is 14.1. The molecule has 5 nitrogen and oxygen atoms in total. The summed E-state index contributed by atoms with van der Waals surface area (Å²) in [5.74, 6) is 1.68. The van der Waals surface area contributed by atoms with Crippen LogP contribution in [0.5, 0.6) is 0 Å². The van der Waals surface area contributed by atoms with Gasteiger partial charge in [0.2, 0.25) is 11.8 Å². The zero-order valence-corrected chi connectivity index (χ0v) is 19.0. The minimum Gasteiger partial charge on any atom is -0.352 e. The molecule has 1 aromatic carbocycles. The molecule has 2 amide bonds. The summed E-state index contributed by atoms with van der Waals surface area (Å²) < 4.78 is 0. The fourth-order valence-corrected chi connectivity index (χ4v) is 6.73. The maximum absolute atomic E-state index is 13.3. The normalized spacial score (nSPS) is 30.7. The van der Waals surface area contributed by atoms with E-state index in [0.29, 0.717) is 24.3 Å². The van der Waals surface area contributed by atoms with E-state index < -0.39 is 5.41 Å². The van der Waals surface area contributed by atoms with Crippen molar-refractivity contribution in [2.24, 2.45) is 23.2 Å². The second-order valence-electron chi connectivity index (χ2n) is 10.8. The number of carbonyl (C=O) groups excluding carboxylic acids is 2. The van der Waals surface area contributed by atoms with Crippen LogP contribution < -0.4 is 10.6 Å². The summed E-state index contributed by atoms with van der Waals surface area (Å²) in [6.45, 7) is 4.55. The number of amides is 2. The smallest absolute Gasteiger partial charge is 0.230 e. The summed E-state index contributed by atoms with van der Waals surface area (Å²) in [4.78, 5) is 30.7. The predicted molar refractivity (Wildman–Crippen MR) is 123 cm³/mol. The molecule has 0 saturated heterocycles. The van der Waals surface area contributed by atoms with Crippen LogP contribution in [0.2, 0.25) is 0 Å². The van der Waals surface area contributed by atoms with Crippen LogP contribution in [-0.4, -0.2) is 22.8 Å². The van der Waals surface area contributed by atoms with Gasteiger partial charge in [-0.25, -0.2) is 0 Å². The lowest BCUT2D eigenvalue weighted by Crippen LogP contribution is -2.63. The van der Waals surface area contributed by atoms with Crippen LogP contribution in [-0.2, 0) is 21.5 Å². The number of nitrogens with one attached hydrogen (secondary N) is 2. The molecule has 2 N–H and O–H groups in total. The Morgan fingerprint density at radius 3 is 2.31 bits per heavy atom. The molecule has 32 heavy (non-hydrogen) atoms. The monoisotopic (exact) mass is 431 g/mol. The fourth-order valence-electron chi connectivity index (χ4n) is 6.73. The maximum Gasteiger partial charge on any atom is 0.230 e. The standard InChI is InChI=1S/C27H33N3O2/c1-26(2,22-6-4-3-5-7-22)24(31)30-23-20-12-19-13-21(23)16-27(14-19,15-20)25(32)29-17-18-8-10-28-11-9-18/h3-11,19-21,23H,12-17H2,1-2H3,(H,29,32)(H,30,31)/t19?,20-,21+,23?,27?. The van der Waals surface area contributed by atoms with Gasteiger partial charge >= 0.3 is 0 Å². The van der Waals surface area contributed by atoms with E-state index in [2.05, 4.69) is 15.6 Å². The zero-order valence-electron chi connectivity index (χ0n) is 19.0. The van der Waals surface area contributed by atoms with Gasteiger partial charge in [0.05, 0.1) is 10.8 Å². The highest BCUT2D eigenvalue weighted by Gasteiger charge is 2.58. The molecule has 6 rings (SSSR count). The molecule has 4 bridgehead atoms. The van der Waals surface area contributed by atoms with E-state index >= 15 is 0 Å². The van der Waals surface area contributed by atoms with Crippen LogP contribution in [0.15, 0.2) is 54.9 Å². The van der Waals surface area contributed by atoms with Crippen LogP contribution in [0.3, 0.4) is 0 Å². The Bertz CT molecular complexity index is 972. The molecule has 5 heteroatoms. The topological polar surface area (TPSA) is 71.1 Å². The van der Waals surface area contributed by atoms with Gasteiger partial charge in [-0.05, 0) is 87.0 Å². The lowest BCUT2D eigenvalue weighted by Gasteiger charge is -2.59. The van der Waals surface area contributed by atoms with E-state index in [9.17, 15) is 9.59 Å². The van der Waals surface area contributed by atoms with Crippen molar-refractivity contribution < 1.29 is 9.59 Å². The Balaban J connectivity index is 1.27. The molecule has 1 aromatic heterocycles. The molecule has 168 valence electrons. The van der Waals surface area contributed by atoms with Crippen molar-refractivity contribution in [2.75, 3.05) is 0 Å². The summed E-state index contributed by atoms with van der Waals surface area (Å²) >= 11 is 0. The molecule has 0 spiro atoms. The van der Waals surface area contributed by atoms with E-state index in [4.69, 9.17) is 0 Å². The number of rotatable bonds is 6. The van der Waals surface area contributed by atoms with Gasteiger partial charge in [-0.15, -0.1) is 0 Å². The van der Waals surface area contributed by atoms with Gasteiger partial charge in [0.1, 0.15) is 0 Å². The molecule has 4 saturated carbocycles. The number of aromatic nitrogens is 1. The van der Waals surface area contributed by atoms with Crippen molar-refractivity contribution in [1.29, 1.82) is 0 Å². The minimum absolute atomic E-state index is 0.0948. The zero-order chi connectivity index (χ0) is 22.3. The quantitative estimate of drug-likeness (QED) is 0.727. The number of hydrogen-bond acceptors (Lipinski definition) is 3. The number of nitrogens with zero attached hydrogens (tertiary/aromatic N) is 1. The minimum atomic E-state index is -0.574. The highest BCUT2D eigenvalue weighted by molar-refractivity contribution is 5.88. The first-order valence-corrected chi connectivity index (χ1v) is 11.9. The van der Waals surface area contributed by atoms with Crippen LogP contribution >= 0.6 is 0 Å². The Labute approximate surface area is 190 Å². The molecule has 4 fully saturated rings. The third kappa shape index (κ3) is 3.72. The SMILES string of the molecule is CC(C)(C(=O)NC1[C@@H]2CC3C[C@H]1CC(C(=O)NCc1ccncc1)(C3)C2)c1ccccc1. The molecule has 1 heterocycles. The molecule has 4 aliphatic rings. The first kappa shape index (κ1) is 21.2. The predicted octanol–water partition coefficient (Wildman–Crippen LogP) is 3.99. The fraction of sp³-hybridized carbons (Fsp3) is 0.519. The molecule has 4 aliphatic carbocycles. The van der Waals surface area contributed by atoms with Crippen molar-refractivity contribution in [2.45, 2.75) is 64.0 Å². The third-order valence-corrected chi connectivity index (χ3v) is 8.32. The summed E-state index contributed by atoms with van der Waals surface area (Å²) in [7, 11) is 0.